The van der Waals surface area contributed by atoms with Gasteiger partial charge in [-0.2, -0.15) is 0 Å². The Bertz CT molecular complexity index is 933. The van der Waals surface area contributed by atoms with Crippen LogP contribution in [-0.4, -0.2) is 46.8 Å². The fourth-order valence-corrected chi connectivity index (χ4v) is 5.42. The number of rotatable bonds is 2. The number of esters is 1. The number of cyclic esters (lactones) is 1. The Balaban J connectivity index is 1.85. The third-order valence-electron chi connectivity index (χ3n) is 7.29. The van der Waals surface area contributed by atoms with E-state index in [2.05, 4.69) is 4.98 Å². The van der Waals surface area contributed by atoms with Crippen molar-refractivity contribution >= 4 is 29.2 Å². The van der Waals surface area contributed by atoms with E-state index < -0.39 is 29.5 Å². The summed E-state index contributed by atoms with van der Waals surface area (Å²) in [7, 11) is 0. The van der Waals surface area contributed by atoms with Gasteiger partial charge in [0.15, 0.2) is 0 Å². The Morgan fingerprint density at radius 1 is 1.26 bits per heavy atom. The maximum Gasteiger partial charge on any atom is 0.331 e. The average molecular weight is 490 g/mol. The van der Waals surface area contributed by atoms with Gasteiger partial charge >= 0.3 is 5.97 Å². The second kappa shape index (κ2) is 11.3. The molecule has 6 nitrogen and oxygen atoms in total. The Morgan fingerprint density at radius 2 is 2.00 bits per heavy atom. The molecule has 7 heteroatoms. The van der Waals surface area contributed by atoms with Crippen molar-refractivity contribution in [1.29, 1.82) is 0 Å². The van der Waals surface area contributed by atoms with E-state index in [0.29, 0.717) is 18.9 Å². The summed E-state index contributed by atoms with van der Waals surface area (Å²) in [4.78, 5) is 30.4. The van der Waals surface area contributed by atoms with E-state index in [0.717, 1.165) is 35.5 Å². The fourth-order valence-electron chi connectivity index (χ4n) is 4.85. The standard InChI is InChI=1S/C27H39NO5S/c1-16-8-7-9-20-14-32-23(20)13-22(17(2)12-21-15-34-19(4)28-21)33-24(29)10-11-27(5,6)26(31)18(3)25(16)30/h10-12,15-16,18,20,22-23,25,30H,7-9,13-14H2,1-6H3/t16-,18+,20+,22?,23?,25-/m0/s1. The lowest BCUT2D eigenvalue weighted by molar-refractivity contribution is -0.153. The molecule has 2 aliphatic heterocycles. The van der Waals surface area contributed by atoms with Crippen molar-refractivity contribution in [2.45, 2.75) is 85.5 Å². The van der Waals surface area contributed by atoms with Gasteiger partial charge in [-0.05, 0) is 58.1 Å². The second-order valence-corrected chi connectivity index (χ2v) is 11.6. The molecule has 0 amide bonds. The topological polar surface area (TPSA) is 85.7 Å². The normalized spacial score (nSPS) is 33.7. The van der Waals surface area contributed by atoms with Crippen LogP contribution in [0.15, 0.2) is 23.1 Å². The molecular formula is C27H39NO5S. The van der Waals surface area contributed by atoms with E-state index in [1.807, 2.05) is 32.2 Å². The molecular weight excluding hydrogens is 450 g/mol. The summed E-state index contributed by atoms with van der Waals surface area (Å²) in [6.45, 7) is 12.0. The summed E-state index contributed by atoms with van der Waals surface area (Å²) in [5.74, 6) is -0.658. The van der Waals surface area contributed by atoms with Crippen molar-refractivity contribution < 1.29 is 24.2 Å². The number of aromatic nitrogens is 1. The predicted molar refractivity (Wildman–Crippen MR) is 134 cm³/mol. The smallest absolute Gasteiger partial charge is 0.331 e. The molecule has 0 aliphatic carbocycles. The summed E-state index contributed by atoms with van der Waals surface area (Å²) in [6, 6.07) is 0. The zero-order chi connectivity index (χ0) is 25.0. The van der Waals surface area contributed by atoms with Gasteiger partial charge in [0.05, 0.1) is 29.5 Å². The van der Waals surface area contributed by atoms with Gasteiger partial charge in [0.25, 0.3) is 0 Å². The van der Waals surface area contributed by atoms with Crippen molar-refractivity contribution in [3.05, 3.63) is 33.8 Å². The van der Waals surface area contributed by atoms with Crippen LogP contribution in [0, 0.1) is 30.1 Å². The van der Waals surface area contributed by atoms with Crippen LogP contribution in [0.3, 0.4) is 0 Å². The maximum atomic E-state index is 13.1. The number of hydrogen-bond donors (Lipinski definition) is 1. The first-order chi connectivity index (χ1) is 16.0. The van der Waals surface area contributed by atoms with Gasteiger partial charge in [0.1, 0.15) is 11.9 Å². The number of carbonyl (C=O) groups excluding carboxylic acids is 2. The fraction of sp³-hybridized carbons (Fsp3) is 0.667. The number of nitrogens with zero attached hydrogens (tertiary/aromatic N) is 1. The number of ketones is 1. The number of ether oxygens (including phenoxy) is 2. The van der Waals surface area contributed by atoms with Crippen LogP contribution >= 0.6 is 11.3 Å². The highest BCUT2D eigenvalue weighted by Gasteiger charge is 2.37. The second-order valence-electron chi connectivity index (χ2n) is 10.6. The molecule has 0 bridgehead atoms. The largest absolute Gasteiger partial charge is 0.455 e. The highest BCUT2D eigenvalue weighted by Crippen LogP contribution is 2.34. The van der Waals surface area contributed by atoms with Crippen molar-refractivity contribution in [3.63, 3.8) is 0 Å². The molecule has 1 saturated heterocycles. The van der Waals surface area contributed by atoms with Crippen LogP contribution in [0.2, 0.25) is 0 Å². The Morgan fingerprint density at radius 3 is 2.62 bits per heavy atom. The third kappa shape index (κ3) is 6.64. The molecule has 3 rings (SSSR count). The van der Waals surface area contributed by atoms with Crippen molar-refractivity contribution in [2.24, 2.45) is 23.2 Å². The molecule has 3 heterocycles. The molecule has 1 fully saturated rings. The maximum absolute atomic E-state index is 13.1. The van der Waals surface area contributed by atoms with E-state index in [4.69, 9.17) is 9.47 Å². The van der Waals surface area contributed by atoms with Gasteiger partial charge in [-0.25, -0.2) is 9.78 Å². The molecule has 188 valence electrons. The van der Waals surface area contributed by atoms with Gasteiger partial charge in [-0.3, -0.25) is 4.79 Å². The number of Topliss-reactive ketones (excluding diaryl/α,β-unsaturated/α-hetero) is 1. The van der Waals surface area contributed by atoms with E-state index in [-0.39, 0.29) is 17.8 Å². The molecule has 2 aliphatic rings. The first kappa shape index (κ1) is 26.8. The summed E-state index contributed by atoms with van der Waals surface area (Å²) in [6.07, 6.45) is 7.21. The highest BCUT2D eigenvalue weighted by molar-refractivity contribution is 7.09. The number of hydrogen-bond acceptors (Lipinski definition) is 7. The average Bonchev–Trinajstić information content (AvgIpc) is 3.19. The predicted octanol–water partition coefficient (Wildman–Crippen LogP) is 5.14. The Hall–Kier alpha value is -1.83. The first-order valence-electron chi connectivity index (χ1n) is 12.3. The summed E-state index contributed by atoms with van der Waals surface area (Å²) >= 11 is 1.58. The summed E-state index contributed by atoms with van der Waals surface area (Å²) in [5.41, 5.74) is 0.887. The molecule has 1 N–H and O–H groups in total. The lowest BCUT2D eigenvalue weighted by Gasteiger charge is -2.39. The number of thiazole rings is 1. The molecule has 1 aromatic heterocycles. The number of fused-ring (bicyclic) bond motifs is 1. The Kier molecular flexibility index (Phi) is 8.87. The molecule has 0 saturated carbocycles. The van der Waals surface area contributed by atoms with Crippen LogP contribution in [0.25, 0.3) is 6.08 Å². The summed E-state index contributed by atoms with van der Waals surface area (Å²) in [5, 5.41) is 13.8. The van der Waals surface area contributed by atoms with Crippen molar-refractivity contribution in [1.82, 2.24) is 4.98 Å². The SMILES string of the molecule is CC(=Cc1csc(C)n1)C1CC2OC[C@H]2CCC[C@H](C)[C@H](O)[C@@H](C)C(=O)C(C)(C)C=CC(=O)O1. The van der Waals surface area contributed by atoms with Crippen molar-refractivity contribution in [3.8, 4) is 0 Å². The molecule has 1 aromatic rings. The number of aliphatic hydroxyl groups excluding tert-OH is 1. The molecule has 0 aromatic carbocycles. The molecule has 6 atom stereocenters. The van der Waals surface area contributed by atoms with Gasteiger partial charge in [0.2, 0.25) is 0 Å². The van der Waals surface area contributed by atoms with Crippen LogP contribution < -0.4 is 0 Å². The minimum atomic E-state index is -0.892. The van der Waals surface area contributed by atoms with Gasteiger partial charge in [-0.15, -0.1) is 11.3 Å². The van der Waals surface area contributed by atoms with Gasteiger partial charge < -0.3 is 14.6 Å². The Labute approximate surface area is 207 Å². The molecule has 0 radical (unpaired) electrons. The zero-order valence-electron chi connectivity index (χ0n) is 21.2. The van der Waals surface area contributed by atoms with Gasteiger partial charge in [0, 0.05) is 35.1 Å². The quantitative estimate of drug-likeness (QED) is 0.579. The minimum Gasteiger partial charge on any atom is -0.455 e. The van der Waals surface area contributed by atoms with E-state index in [1.54, 1.807) is 38.2 Å². The highest BCUT2D eigenvalue weighted by atomic mass is 32.1. The van der Waals surface area contributed by atoms with E-state index in [1.165, 1.54) is 6.08 Å². The summed E-state index contributed by atoms with van der Waals surface area (Å²) < 4.78 is 11.8. The zero-order valence-corrected chi connectivity index (χ0v) is 22.1. The molecule has 34 heavy (non-hydrogen) atoms. The monoisotopic (exact) mass is 489 g/mol. The number of aliphatic hydroxyl groups is 1. The minimum absolute atomic E-state index is 0.0236. The molecule has 2 unspecified atom stereocenters. The van der Waals surface area contributed by atoms with Crippen LogP contribution in [0.1, 0.15) is 71.0 Å². The lowest BCUT2D eigenvalue weighted by Crippen LogP contribution is -2.43. The number of allylic oxidation sites excluding steroid dienone is 1. The van der Waals surface area contributed by atoms with E-state index >= 15 is 0 Å². The molecule has 0 spiro atoms. The van der Waals surface area contributed by atoms with Crippen molar-refractivity contribution in [2.75, 3.05) is 6.61 Å². The number of aryl methyl sites for hydroxylation is 1. The van der Waals surface area contributed by atoms with E-state index in [9.17, 15) is 14.7 Å². The third-order valence-corrected chi connectivity index (χ3v) is 8.08. The lowest BCUT2D eigenvalue weighted by atomic mass is 9.76. The van der Waals surface area contributed by atoms with Gasteiger partial charge in [-0.1, -0.05) is 26.3 Å². The van der Waals surface area contributed by atoms with Crippen LogP contribution in [0.4, 0.5) is 0 Å². The first-order valence-corrected chi connectivity index (χ1v) is 13.2. The number of carbonyl (C=O) groups is 2. The van der Waals surface area contributed by atoms with Crippen LogP contribution in [-0.2, 0) is 19.1 Å². The van der Waals surface area contributed by atoms with Crippen LogP contribution in [0.5, 0.6) is 0 Å².